The normalized spacial score (nSPS) is 10.6. The third kappa shape index (κ3) is 2.88. The predicted octanol–water partition coefficient (Wildman–Crippen LogP) is 2.91. The fourth-order valence-electron chi connectivity index (χ4n) is 1.51. The highest BCUT2D eigenvalue weighted by Crippen LogP contribution is 2.18. The zero-order chi connectivity index (χ0) is 10.6. The van der Waals surface area contributed by atoms with Crippen LogP contribution in [-0.4, -0.2) is 18.6 Å². The van der Waals surface area contributed by atoms with Gasteiger partial charge in [-0.25, -0.2) is 4.98 Å². The van der Waals surface area contributed by atoms with E-state index >= 15 is 0 Å². The van der Waals surface area contributed by atoms with E-state index in [0.29, 0.717) is 11.8 Å². The number of alkyl halides is 1. The molecule has 0 aliphatic heterocycles. The van der Waals surface area contributed by atoms with Gasteiger partial charge in [0.2, 0.25) is 0 Å². The second kappa shape index (κ2) is 5.20. The van der Waals surface area contributed by atoms with Crippen molar-refractivity contribution >= 4 is 17.4 Å². The van der Waals surface area contributed by atoms with Crippen molar-refractivity contribution in [3.63, 3.8) is 0 Å². The van der Waals surface area contributed by atoms with Gasteiger partial charge in [0.25, 0.3) is 0 Å². The van der Waals surface area contributed by atoms with Crippen LogP contribution in [0.5, 0.6) is 0 Å². The van der Waals surface area contributed by atoms with Crippen molar-refractivity contribution in [2.75, 3.05) is 18.5 Å². The van der Waals surface area contributed by atoms with Crippen LogP contribution in [0.2, 0.25) is 0 Å². The maximum atomic E-state index is 5.85. The van der Waals surface area contributed by atoms with Crippen LogP contribution >= 0.6 is 11.6 Å². The molecule has 0 spiro atoms. The van der Waals surface area contributed by atoms with Crippen molar-refractivity contribution in [2.45, 2.75) is 19.7 Å². The Morgan fingerprint density at radius 1 is 1.50 bits per heavy atom. The summed E-state index contributed by atoms with van der Waals surface area (Å²) in [5.41, 5.74) is 1.09. The molecule has 1 aromatic heterocycles. The van der Waals surface area contributed by atoms with Gasteiger partial charge < -0.3 is 4.90 Å². The van der Waals surface area contributed by atoms with Gasteiger partial charge >= 0.3 is 0 Å². The second-order valence-electron chi connectivity index (χ2n) is 3.89. The highest BCUT2D eigenvalue weighted by Gasteiger charge is 2.08. The molecule has 2 nitrogen and oxygen atoms in total. The zero-order valence-corrected chi connectivity index (χ0v) is 9.75. The minimum absolute atomic E-state index is 0.519. The smallest absolute Gasteiger partial charge is 0.132 e. The summed E-state index contributed by atoms with van der Waals surface area (Å²) in [6.07, 6.45) is 1.81. The van der Waals surface area contributed by atoms with Gasteiger partial charge in [-0.1, -0.05) is 19.9 Å². The Labute approximate surface area is 90.9 Å². The number of rotatable bonds is 4. The van der Waals surface area contributed by atoms with Crippen LogP contribution in [0.4, 0.5) is 5.82 Å². The van der Waals surface area contributed by atoms with E-state index in [2.05, 4.69) is 30.8 Å². The molecule has 1 rings (SSSR count). The molecular formula is C11H17ClN2. The van der Waals surface area contributed by atoms with Crippen LogP contribution in [0.25, 0.3) is 0 Å². The van der Waals surface area contributed by atoms with Gasteiger partial charge in [0.05, 0.1) is 5.88 Å². The lowest BCUT2D eigenvalue weighted by Crippen LogP contribution is -2.24. The minimum atomic E-state index is 0.519. The van der Waals surface area contributed by atoms with Crippen LogP contribution in [0, 0.1) is 5.92 Å². The Bertz CT molecular complexity index is 286. The van der Waals surface area contributed by atoms with Gasteiger partial charge in [0.15, 0.2) is 0 Å². The lowest BCUT2D eigenvalue weighted by atomic mass is 10.2. The fraction of sp³-hybridized carbons (Fsp3) is 0.545. The first-order valence-electron chi connectivity index (χ1n) is 4.86. The van der Waals surface area contributed by atoms with E-state index in [4.69, 9.17) is 11.6 Å². The summed E-state index contributed by atoms with van der Waals surface area (Å²) >= 11 is 5.85. The summed E-state index contributed by atoms with van der Waals surface area (Å²) in [5, 5.41) is 0. The summed E-state index contributed by atoms with van der Waals surface area (Å²) in [6, 6.07) is 3.94. The fourth-order valence-corrected chi connectivity index (χ4v) is 1.72. The van der Waals surface area contributed by atoms with Crippen LogP contribution in [0.3, 0.4) is 0 Å². The number of pyridine rings is 1. The predicted molar refractivity (Wildman–Crippen MR) is 61.9 cm³/mol. The Morgan fingerprint density at radius 3 is 2.79 bits per heavy atom. The monoisotopic (exact) mass is 212 g/mol. The van der Waals surface area contributed by atoms with E-state index in [1.807, 2.05) is 18.3 Å². The minimum Gasteiger partial charge on any atom is -0.359 e. The Balaban J connectivity index is 2.82. The average Bonchev–Trinajstić information content (AvgIpc) is 2.16. The van der Waals surface area contributed by atoms with Crippen LogP contribution in [-0.2, 0) is 5.88 Å². The first-order chi connectivity index (χ1) is 6.65. The maximum absolute atomic E-state index is 5.85. The molecule has 78 valence electrons. The van der Waals surface area contributed by atoms with Gasteiger partial charge in [-0.15, -0.1) is 11.6 Å². The number of anilines is 1. The van der Waals surface area contributed by atoms with Crippen LogP contribution in [0.15, 0.2) is 18.3 Å². The van der Waals surface area contributed by atoms with Crippen molar-refractivity contribution in [1.82, 2.24) is 4.98 Å². The number of aromatic nitrogens is 1. The first kappa shape index (κ1) is 11.3. The van der Waals surface area contributed by atoms with Gasteiger partial charge in [0.1, 0.15) is 5.82 Å². The Hall–Kier alpha value is -0.760. The SMILES string of the molecule is CC(C)CN(C)c1ncccc1CCl. The van der Waals surface area contributed by atoms with Crippen molar-refractivity contribution in [1.29, 1.82) is 0 Å². The van der Waals surface area contributed by atoms with E-state index in [0.717, 1.165) is 17.9 Å². The summed E-state index contributed by atoms with van der Waals surface area (Å²) in [6.45, 7) is 5.39. The number of halogens is 1. The van der Waals surface area contributed by atoms with Gasteiger partial charge in [-0.05, 0) is 12.0 Å². The lowest BCUT2D eigenvalue weighted by Gasteiger charge is -2.22. The standard InChI is InChI=1S/C11H17ClN2/c1-9(2)8-14(3)11-10(7-12)5-4-6-13-11/h4-6,9H,7-8H2,1-3H3. The van der Waals surface area contributed by atoms with E-state index in [1.54, 1.807) is 0 Å². The molecule has 0 aliphatic carbocycles. The summed E-state index contributed by atoms with van der Waals surface area (Å²) in [7, 11) is 2.05. The molecule has 0 aromatic carbocycles. The molecule has 0 saturated heterocycles. The molecule has 0 bridgehead atoms. The van der Waals surface area contributed by atoms with Crippen molar-refractivity contribution in [2.24, 2.45) is 5.92 Å². The molecule has 3 heteroatoms. The van der Waals surface area contributed by atoms with Crippen molar-refractivity contribution in [3.05, 3.63) is 23.9 Å². The molecule has 0 unspecified atom stereocenters. The number of hydrogen-bond donors (Lipinski definition) is 0. The molecule has 0 aliphatic rings. The maximum Gasteiger partial charge on any atom is 0.132 e. The first-order valence-corrected chi connectivity index (χ1v) is 5.39. The lowest BCUT2D eigenvalue weighted by molar-refractivity contribution is 0.633. The molecule has 0 radical (unpaired) electrons. The molecule has 1 aromatic rings. The number of nitrogens with zero attached hydrogens (tertiary/aromatic N) is 2. The zero-order valence-electron chi connectivity index (χ0n) is 9.00. The third-order valence-corrected chi connectivity index (χ3v) is 2.30. The molecule has 0 N–H and O–H groups in total. The highest BCUT2D eigenvalue weighted by atomic mass is 35.5. The summed E-state index contributed by atoms with van der Waals surface area (Å²) in [4.78, 5) is 6.50. The van der Waals surface area contributed by atoms with Crippen LogP contribution < -0.4 is 4.90 Å². The molecule has 14 heavy (non-hydrogen) atoms. The van der Waals surface area contributed by atoms with E-state index < -0.39 is 0 Å². The second-order valence-corrected chi connectivity index (χ2v) is 4.16. The third-order valence-electron chi connectivity index (χ3n) is 2.01. The van der Waals surface area contributed by atoms with Crippen molar-refractivity contribution in [3.8, 4) is 0 Å². The summed E-state index contributed by atoms with van der Waals surface area (Å²) < 4.78 is 0. The Kier molecular flexibility index (Phi) is 4.21. The summed E-state index contributed by atoms with van der Waals surface area (Å²) in [5.74, 6) is 2.15. The average molecular weight is 213 g/mol. The molecule has 0 fully saturated rings. The van der Waals surface area contributed by atoms with Gasteiger partial charge in [-0.3, -0.25) is 0 Å². The Morgan fingerprint density at radius 2 is 2.21 bits per heavy atom. The quantitative estimate of drug-likeness (QED) is 0.714. The molecule has 0 saturated carbocycles. The van der Waals surface area contributed by atoms with Crippen LogP contribution in [0.1, 0.15) is 19.4 Å². The number of hydrogen-bond acceptors (Lipinski definition) is 2. The topological polar surface area (TPSA) is 16.1 Å². The largest absolute Gasteiger partial charge is 0.359 e. The molecule has 0 atom stereocenters. The molecular weight excluding hydrogens is 196 g/mol. The molecule has 1 heterocycles. The molecule has 0 amide bonds. The van der Waals surface area contributed by atoms with Gasteiger partial charge in [-0.2, -0.15) is 0 Å². The van der Waals surface area contributed by atoms with E-state index in [-0.39, 0.29) is 0 Å². The van der Waals surface area contributed by atoms with E-state index in [9.17, 15) is 0 Å². The van der Waals surface area contributed by atoms with Gasteiger partial charge in [0, 0.05) is 25.4 Å². The van der Waals surface area contributed by atoms with Crippen molar-refractivity contribution < 1.29 is 0 Å². The highest BCUT2D eigenvalue weighted by molar-refractivity contribution is 6.17. The van der Waals surface area contributed by atoms with E-state index in [1.165, 1.54) is 0 Å².